The summed E-state index contributed by atoms with van der Waals surface area (Å²) in [5.74, 6) is 0.682. The van der Waals surface area contributed by atoms with Gasteiger partial charge < -0.3 is 18.9 Å². The van der Waals surface area contributed by atoms with Crippen LogP contribution in [0, 0.1) is 0 Å². The Morgan fingerprint density at radius 3 is 2.90 bits per heavy atom. The predicted octanol–water partition coefficient (Wildman–Crippen LogP) is 2.59. The van der Waals surface area contributed by atoms with Gasteiger partial charge in [-0.1, -0.05) is 5.16 Å². The maximum Gasteiger partial charge on any atom is 0.410 e. The minimum absolute atomic E-state index is 0.288. The molecule has 6 nitrogen and oxygen atoms in total. The first-order valence-electron chi connectivity index (χ1n) is 6.79. The molecule has 0 aromatic carbocycles. The fourth-order valence-electron chi connectivity index (χ4n) is 2.10. The van der Waals surface area contributed by atoms with Crippen LogP contribution in [0.5, 0.6) is 0 Å². The molecule has 0 saturated carbocycles. The molecule has 2 heterocycles. The Bertz CT molecular complexity index is 452. The number of hydrogen-bond acceptors (Lipinski definition) is 5. The number of carbonyl (C=O) groups excluding carboxylic acids is 1. The molecule has 0 spiro atoms. The molecule has 1 aromatic heterocycles. The zero-order valence-electron chi connectivity index (χ0n) is 12.5. The van der Waals surface area contributed by atoms with Gasteiger partial charge in [0.15, 0.2) is 5.76 Å². The molecule has 0 bridgehead atoms. The average Bonchev–Trinajstić information content (AvgIpc) is 2.94. The molecule has 112 valence electrons. The Morgan fingerprint density at radius 1 is 1.55 bits per heavy atom. The van der Waals surface area contributed by atoms with Crippen LogP contribution in [0.15, 0.2) is 16.8 Å². The molecule has 1 fully saturated rings. The first kappa shape index (κ1) is 14.8. The van der Waals surface area contributed by atoms with E-state index in [-0.39, 0.29) is 11.7 Å². The van der Waals surface area contributed by atoms with Crippen LogP contribution in [0.4, 0.5) is 4.79 Å². The summed E-state index contributed by atoms with van der Waals surface area (Å²) >= 11 is 0. The van der Waals surface area contributed by atoms with Crippen LogP contribution in [0.3, 0.4) is 0 Å². The first-order valence-corrected chi connectivity index (χ1v) is 6.79. The van der Waals surface area contributed by atoms with Gasteiger partial charge in [0.2, 0.25) is 0 Å². The summed E-state index contributed by atoms with van der Waals surface area (Å²) in [6.45, 7) is 9.10. The monoisotopic (exact) mass is 282 g/mol. The van der Waals surface area contributed by atoms with Crippen molar-refractivity contribution in [3.05, 3.63) is 18.0 Å². The Labute approximate surface area is 119 Å². The van der Waals surface area contributed by atoms with Gasteiger partial charge in [-0.05, 0) is 34.1 Å². The summed E-state index contributed by atoms with van der Waals surface area (Å²) in [6, 6.07) is 1.77. The lowest BCUT2D eigenvalue weighted by atomic mass is 10.1. The third-order valence-corrected chi connectivity index (χ3v) is 3.14. The molecule has 1 aliphatic rings. The van der Waals surface area contributed by atoms with Crippen LogP contribution in [-0.2, 0) is 16.1 Å². The highest BCUT2D eigenvalue weighted by molar-refractivity contribution is 5.68. The number of rotatable bonds is 3. The van der Waals surface area contributed by atoms with Crippen LogP contribution in [-0.4, -0.2) is 40.4 Å². The quantitative estimate of drug-likeness (QED) is 0.852. The normalized spacial score (nSPS) is 23.1. The highest BCUT2D eigenvalue weighted by Crippen LogP contribution is 2.27. The van der Waals surface area contributed by atoms with Gasteiger partial charge in [-0.15, -0.1) is 0 Å². The summed E-state index contributed by atoms with van der Waals surface area (Å²) in [5, 5.41) is 3.63. The lowest BCUT2D eigenvalue weighted by Crippen LogP contribution is -2.39. The molecule has 0 aliphatic carbocycles. The standard InChI is InChI=1S/C14H22N2O4/c1-13(2,3)19-12(17)16-8-6-14(4,10-16)18-9-11-5-7-15-20-11/h5,7H,6,8-10H2,1-4H3. The lowest BCUT2D eigenvalue weighted by Gasteiger charge is -2.27. The van der Waals surface area contributed by atoms with E-state index in [1.54, 1.807) is 17.2 Å². The van der Waals surface area contributed by atoms with Crippen molar-refractivity contribution < 1.29 is 18.8 Å². The van der Waals surface area contributed by atoms with E-state index in [0.29, 0.717) is 25.5 Å². The SMILES string of the molecule is CC(C)(C)OC(=O)N1CCC(C)(OCc2ccno2)C1. The van der Waals surface area contributed by atoms with Gasteiger partial charge in [0.25, 0.3) is 0 Å². The van der Waals surface area contributed by atoms with E-state index in [1.807, 2.05) is 27.7 Å². The molecule has 1 saturated heterocycles. The predicted molar refractivity (Wildman–Crippen MR) is 72.1 cm³/mol. The summed E-state index contributed by atoms with van der Waals surface area (Å²) < 4.78 is 16.2. The van der Waals surface area contributed by atoms with Crippen molar-refractivity contribution in [1.82, 2.24) is 10.1 Å². The van der Waals surface area contributed by atoms with Crippen molar-refractivity contribution in [2.24, 2.45) is 0 Å². The number of ether oxygens (including phenoxy) is 2. The van der Waals surface area contributed by atoms with E-state index in [2.05, 4.69) is 5.16 Å². The molecule has 2 rings (SSSR count). The second kappa shape index (κ2) is 5.44. The molecular formula is C14H22N2O4. The molecule has 6 heteroatoms. The molecule has 1 atom stereocenters. The van der Waals surface area contributed by atoms with Gasteiger partial charge in [-0.2, -0.15) is 0 Å². The number of hydrogen-bond donors (Lipinski definition) is 0. The fraction of sp³-hybridized carbons (Fsp3) is 0.714. The van der Waals surface area contributed by atoms with Crippen molar-refractivity contribution in [3.63, 3.8) is 0 Å². The third-order valence-electron chi connectivity index (χ3n) is 3.14. The minimum Gasteiger partial charge on any atom is -0.444 e. The third kappa shape index (κ3) is 3.96. The van der Waals surface area contributed by atoms with Gasteiger partial charge in [0.1, 0.15) is 12.2 Å². The highest BCUT2D eigenvalue weighted by atomic mass is 16.6. The Morgan fingerprint density at radius 2 is 2.30 bits per heavy atom. The van der Waals surface area contributed by atoms with E-state index in [0.717, 1.165) is 6.42 Å². The zero-order chi connectivity index (χ0) is 14.8. The fourth-order valence-corrected chi connectivity index (χ4v) is 2.10. The summed E-state index contributed by atoms with van der Waals surface area (Å²) in [5.41, 5.74) is -0.847. The van der Waals surface area contributed by atoms with Crippen LogP contribution in [0.25, 0.3) is 0 Å². The average molecular weight is 282 g/mol. The molecule has 20 heavy (non-hydrogen) atoms. The molecule has 0 N–H and O–H groups in total. The Kier molecular flexibility index (Phi) is 4.04. The summed E-state index contributed by atoms with van der Waals surface area (Å²) in [6.07, 6.45) is 2.08. The Balaban J connectivity index is 1.85. The van der Waals surface area contributed by atoms with Crippen molar-refractivity contribution in [3.8, 4) is 0 Å². The first-order chi connectivity index (χ1) is 9.27. The second-order valence-corrected chi connectivity index (χ2v) is 6.37. The maximum absolute atomic E-state index is 12.0. The Hall–Kier alpha value is -1.56. The largest absolute Gasteiger partial charge is 0.444 e. The van der Waals surface area contributed by atoms with E-state index < -0.39 is 5.60 Å². The van der Waals surface area contributed by atoms with Crippen molar-refractivity contribution in [1.29, 1.82) is 0 Å². The van der Waals surface area contributed by atoms with E-state index >= 15 is 0 Å². The molecular weight excluding hydrogens is 260 g/mol. The number of likely N-dealkylation sites (tertiary alicyclic amines) is 1. The number of aromatic nitrogens is 1. The second-order valence-electron chi connectivity index (χ2n) is 6.37. The molecule has 1 aromatic rings. The van der Waals surface area contributed by atoms with Crippen LogP contribution in [0.1, 0.15) is 39.9 Å². The van der Waals surface area contributed by atoms with Crippen molar-refractivity contribution in [2.45, 2.75) is 51.9 Å². The van der Waals surface area contributed by atoms with Crippen LogP contribution >= 0.6 is 0 Å². The van der Waals surface area contributed by atoms with Gasteiger partial charge in [-0.3, -0.25) is 0 Å². The van der Waals surface area contributed by atoms with E-state index in [1.165, 1.54) is 0 Å². The molecule has 0 radical (unpaired) electrons. The van der Waals surface area contributed by atoms with Gasteiger partial charge in [0, 0.05) is 12.6 Å². The van der Waals surface area contributed by atoms with Gasteiger partial charge in [0.05, 0.1) is 18.3 Å². The van der Waals surface area contributed by atoms with Gasteiger partial charge >= 0.3 is 6.09 Å². The van der Waals surface area contributed by atoms with Crippen molar-refractivity contribution in [2.75, 3.05) is 13.1 Å². The van der Waals surface area contributed by atoms with E-state index in [4.69, 9.17) is 14.0 Å². The highest BCUT2D eigenvalue weighted by Gasteiger charge is 2.38. The van der Waals surface area contributed by atoms with E-state index in [9.17, 15) is 4.79 Å². The van der Waals surface area contributed by atoms with Crippen molar-refractivity contribution >= 4 is 6.09 Å². The number of nitrogens with zero attached hydrogens (tertiary/aromatic N) is 2. The molecule has 1 unspecified atom stereocenters. The molecule has 1 aliphatic heterocycles. The number of amides is 1. The summed E-state index contributed by atoms with van der Waals surface area (Å²) in [7, 11) is 0. The molecule has 1 amide bonds. The topological polar surface area (TPSA) is 64.8 Å². The number of carbonyl (C=O) groups is 1. The summed E-state index contributed by atoms with van der Waals surface area (Å²) in [4.78, 5) is 13.7. The lowest BCUT2D eigenvalue weighted by molar-refractivity contribution is -0.0447. The maximum atomic E-state index is 12.0. The minimum atomic E-state index is -0.475. The van der Waals surface area contributed by atoms with Crippen LogP contribution in [0.2, 0.25) is 0 Å². The van der Waals surface area contributed by atoms with Crippen LogP contribution < -0.4 is 0 Å². The smallest absolute Gasteiger partial charge is 0.410 e. The zero-order valence-corrected chi connectivity index (χ0v) is 12.5. The van der Waals surface area contributed by atoms with Gasteiger partial charge in [-0.25, -0.2) is 4.79 Å².